The smallest absolute Gasteiger partial charge is 0.306 e. The Morgan fingerprint density at radius 3 is 2.85 bits per heavy atom. The molecule has 26 heavy (non-hydrogen) atoms. The summed E-state index contributed by atoms with van der Waals surface area (Å²) in [7, 11) is 1.56. The lowest BCUT2D eigenvalue weighted by Gasteiger charge is -2.07. The number of ether oxygens (including phenoxy) is 2. The highest BCUT2D eigenvalue weighted by atomic mass is 32.1. The third-order valence-electron chi connectivity index (χ3n) is 3.46. The Morgan fingerprint density at radius 2 is 2.15 bits per heavy atom. The molecular formula is C18H19N3O4S. The number of carbonyl (C=O) groups is 2. The molecule has 7 nitrogen and oxygen atoms in total. The number of rotatable bonds is 8. The van der Waals surface area contributed by atoms with E-state index in [4.69, 9.17) is 14.7 Å². The largest absolute Gasteiger partial charge is 0.496 e. The molecule has 1 aromatic heterocycles. The van der Waals surface area contributed by atoms with Crippen LogP contribution in [0, 0.1) is 11.3 Å². The molecule has 0 spiro atoms. The van der Waals surface area contributed by atoms with E-state index in [0.29, 0.717) is 23.2 Å². The Hall–Kier alpha value is -2.92. The van der Waals surface area contributed by atoms with E-state index < -0.39 is 5.97 Å². The zero-order valence-electron chi connectivity index (χ0n) is 14.6. The van der Waals surface area contributed by atoms with Crippen molar-refractivity contribution in [3.63, 3.8) is 0 Å². The highest BCUT2D eigenvalue weighted by Crippen LogP contribution is 2.29. The summed E-state index contributed by atoms with van der Waals surface area (Å²) in [6, 6.07) is 7.60. The number of hydrogen-bond donors (Lipinski definition) is 1. The van der Waals surface area contributed by atoms with Gasteiger partial charge in [0.25, 0.3) is 0 Å². The number of benzene rings is 1. The van der Waals surface area contributed by atoms with Crippen LogP contribution in [0.2, 0.25) is 0 Å². The van der Waals surface area contributed by atoms with E-state index >= 15 is 0 Å². The van der Waals surface area contributed by atoms with E-state index in [1.54, 1.807) is 20.1 Å². The van der Waals surface area contributed by atoms with Crippen LogP contribution in [0.5, 0.6) is 5.75 Å². The number of carbonyl (C=O) groups excluding carboxylic acids is 2. The lowest BCUT2D eigenvalue weighted by atomic mass is 10.1. The fourth-order valence-electron chi connectivity index (χ4n) is 2.26. The van der Waals surface area contributed by atoms with Gasteiger partial charge >= 0.3 is 5.97 Å². The number of methoxy groups -OCH3 is 1. The van der Waals surface area contributed by atoms with Crippen LogP contribution >= 0.6 is 11.3 Å². The molecule has 0 fully saturated rings. The first kappa shape index (κ1) is 19.4. The van der Waals surface area contributed by atoms with E-state index in [-0.39, 0.29) is 25.2 Å². The molecule has 2 rings (SSSR count). The van der Waals surface area contributed by atoms with Gasteiger partial charge in [-0.15, -0.1) is 11.3 Å². The molecule has 0 bridgehead atoms. The minimum absolute atomic E-state index is 0.0356. The molecule has 1 amide bonds. The fourth-order valence-corrected chi connectivity index (χ4v) is 2.99. The standard InChI is InChI=1S/C18H19N3O4S/c1-3-25-17(23)7-6-16(22)21-18-20-14(11-26-18)12-4-5-15(24-2)13(10-12)8-9-19/h4-5,10-11H,3,6-8H2,1-2H3,(H,20,21,22). The maximum Gasteiger partial charge on any atom is 0.306 e. The Balaban J connectivity index is 2.03. The summed E-state index contributed by atoms with van der Waals surface area (Å²) in [6.07, 6.45) is 0.315. The predicted molar refractivity (Wildman–Crippen MR) is 97.9 cm³/mol. The summed E-state index contributed by atoms with van der Waals surface area (Å²) < 4.78 is 10.0. The van der Waals surface area contributed by atoms with Crippen LogP contribution in [0.3, 0.4) is 0 Å². The third-order valence-corrected chi connectivity index (χ3v) is 4.22. The molecule has 1 aromatic carbocycles. The molecule has 0 radical (unpaired) electrons. The first-order valence-electron chi connectivity index (χ1n) is 8.02. The molecule has 136 valence electrons. The highest BCUT2D eigenvalue weighted by Gasteiger charge is 2.12. The van der Waals surface area contributed by atoms with Crippen LogP contribution in [-0.2, 0) is 20.7 Å². The molecular weight excluding hydrogens is 354 g/mol. The van der Waals surface area contributed by atoms with E-state index in [1.165, 1.54) is 11.3 Å². The van der Waals surface area contributed by atoms with Gasteiger partial charge in [0, 0.05) is 22.9 Å². The highest BCUT2D eigenvalue weighted by molar-refractivity contribution is 7.14. The number of esters is 1. The summed E-state index contributed by atoms with van der Waals surface area (Å²) in [6.45, 7) is 2.02. The van der Waals surface area contributed by atoms with E-state index in [1.807, 2.05) is 17.5 Å². The van der Waals surface area contributed by atoms with Crippen LogP contribution in [0.4, 0.5) is 5.13 Å². The number of nitriles is 1. The molecule has 0 atom stereocenters. The van der Waals surface area contributed by atoms with Gasteiger partial charge in [-0.2, -0.15) is 5.26 Å². The van der Waals surface area contributed by atoms with Gasteiger partial charge in [0.2, 0.25) is 5.91 Å². The monoisotopic (exact) mass is 373 g/mol. The van der Waals surface area contributed by atoms with Gasteiger partial charge in [-0.05, 0) is 25.1 Å². The minimum Gasteiger partial charge on any atom is -0.496 e. The van der Waals surface area contributed by atoms with Gasteiger partial charge in [-0.3, -0.25) is 9.59 Å². The second-order valence-corrected chi connectivity index (χ2v) is 6.11. The summed E-state index contributed by atoms with van der Waals surface area (Å²) in [5.74, 6) is -0.0393. The Labute approximate surface area is 155 Å². The van der Waals surface area contributed by atoms with Gasteiger partial charge in [0.05, 0.1) is 38.3 Å². The van der Waals surface area contributed by atoms with Crippen LogP contribution in [0.15, 0.2) is 23.6 Å². The van der Waals surface area contributed by atoms with E-state index in [2.05, 4.69) is 16.4 Å². The zero-order chi connectivity index (χ0) is 18.9. The maximum atomic E-state index is 11.9. The van der Waals surface area contributed by atoms with Crippen LogP contribution in [0.1, 0.15) is 25.3 Å². The van der Waals surface area contributed by atoms with Crippen molar-refractivity contribution in [3.8, 4) is 23.1 Å². The molecule has 2 aromatic rings. The second kappa shape index (κ2) is 9.53. The molecule has 1 N–H and O–H groups in total. The molecule has 0 aliphatic rings. The lowest BCUT2D eigenvalue weighted by molar-refractivity contribution is -0.144. The fraction of sp³-hybridized carbons (Fsp3) is 0.333. The van der Waals surface area contributed by atoms with Gasteiger partial charge in [-0.25, -0.2) is 4.98 Å². The molecule has 0 aliphatic carbocycles. The van der Waals surface area contributed by atoms with Crippen LogP contribution in [-0.4, -0.2) is 30.6 Å². The zero-order valence-corrected chi connectivity index (χ0v) is 15.4. The van der Waals surface area contributed by atoms with Gasteiger partial charge < -0.3 is 14.8 Å². The van der Waals surface area contributed by atoms with Crippen molar-refractivity contribution in [2.45, 2.75) is 26.2 Å². The molecule has 1 heterocycles. The molecule has 0 saturated heterocycles. The van der Waals surface area contributed by atoms with E-state index in [0.717, 1.165) is 11.1 Å². The normalized spacial score (nSPS) is 10.0. The van der Waals surface area contributed by atoms with E-state index in [9.17, 15) is 9.59 Å². The average molecular weight is 373 g/mol. The van der Waals surface area contributed by atoms with Crippen LogP contribution < -0.4 is 10.1 Å². The SMILES string of the molecule is CCOC(=O)CCC(=O)Nc1nc(-c2ccc(OC)c(CC#N)c2)cs1. The van der Waals surface area contributed by atoms with Gasteiger partial charge in [-0.1, -0.05) is 0 Å². The van der Waals surface area contributed by atoms with Gasteiger partial charge in [0.1, 0.15) is 5.75 Å². The molecule has 0 aliphatic heterocycles. The van der Waals surface area contributed by atoms with Crippen molar-refractivity contribution in [1.29, 1.82) is 5.26 Å². The topological polar surface area (TPSA) is 101 Å². The summed E-state index contributed by atoms with van der Waals surface area (Å²) in [5.41, 5.74) is 2.30. The average Bonchev–Trinajstić information content (AvgIpc) is 3.09. The Morgan fingerprint density at radius 1 is 1.35 bits per heavy atom. The summed E-state index contributed by atoms with van der Waals surface area (Å²) in [4.78, 5) is 27.6. The minimum atomic E-state index is -0.397. The molecule has 8 heteroatoms. The second-order valence-electron chi connectivity index (χ2n) is 5.25. The number of hydrogen-bond acceptors (Lipinski definition) is 7. The van der Waals surface area contributed by atoms with Crippen molar-refractivity contribution in [2.24, 2.45) is 0 Å². The Bertz CT molecular complexity index is 826. The summed E-state index contributed by atoms with van der Waals surface area (Å²) >= 11 is 1.29. The molecule has 0 unspecified atom stereocenters. The third kappa shape index (κ3) is 5.29. The van der Waals surface area contributed by atoms with Gasteiger partial charge in [0.15, 0.2) is 5.13 Å². The molecule has 0 saturated carbocycles. The maximum absolute atomic E-state index is 11.9. The van der Waals surface area contributed by atoms with Crippen molar-refractivity contribution in [1.82, 2.24) is 4.98 Å². The predicted octanol–water partition coefficient (Wildman–Crippen LogP) is 3.17. The van der Waals surface area contributed by atoms with Crippen molar-refractivity contribution in [2.75, 3.05) is 19.0 Å². The van der Waals surface area contributed by atoms with Crippen molar-refractivity contribution >= 4 is 28.3 Å². The van der Waals surface area contributed by atoms with Crippen molar-refractivity contribution in [3.05, 3.63) is 29.1 Å². The number of amides is 1. The number of aromatic nitrogens is 1. The number of nitrogens with zero attached hydrogens (tertiary/aromatic N) is 2. The quantitative estimate of drug-likeness (QED) is 0.713. The first-order chi connectivity index (χ1) is 12.6. The number of nitrogens with one attached hydrogen (secondary N) is 1. The van der Waals surface area contributed by atoms with Crippen LogP contribution in [0.25, 0.3) is 11.3 Å². The number of thiazole rings is 1. The summed E-state index contributed by atoms with van der Waals surface area (Å²) in [5, 5.41) is 13.9. The Kier molecular flexibility index (Phi) is 7.12. The number of anilines is 1. The first-order valence-corrected chi connectivity index (χ1v) is 8.90. The lowest BCUT2D eigenvalue weighted by Crippen LogP contribution is -2.14. The van der Waals surface area contributed by atoms with Crippen molar-refractivity contribution < 1.29 is 19.1 Å².